The van der Waals surface area contributed by atoms with Crippen molar-refractivity contribution >= 4 is 35.2 Å². The normalized spacial score (nSPS) is 11.6. The van der Waals surface area contributed by atoms with Gasteiger partial charge in [0, 0.05) is 9.92 Å². The highest BCUT2D eigenvalue weighted by Gasteiger charge is 2.15. The van der Waals surface area contributed by atoms with Gasteiger partial charge in [0.2, 0.25) is 5.91 Å². The van der Waals surface area contributed by atoms with Gasteiger partial charge in [-0.25, -0.2) is 0 Å². The summed E-state index contributed by atoms with van der Waals surface area (Å²) >= 11 is 7.23. The first-order valence-corrected chi connectivity index (χ1v) is 8.70. The molecule has 1 atom stereocenters. The molecule has 0 bridgehead atoms. The van der Waals surface area contributed by atoms with Gasteiger partial charge in [0.25, 0.3) is 0 Å². The smallest absolute Gasteiger partial charge is 0.325 e. The van der Waals surface area contributed by atoms with E-state index < -0.39 is 5.97 Å². The van der Waals surface area contributed by atoms with E-state index in [2.05, 4.69) is 5.32 Å². The summed E-state index contributed by atoms with van der Waals surface area (Å²) in [7, 11) is 0. The molecule has 0 fully saturated rings. The predicted molar refractivity (Wildman–Crippen MR) is 96.0 cm³/mol. The molecule has 2 aromatic rings. The molecule has 0 saturated heterocycles. The Morgan fingerprint density at radius 2 is 1.79 bits per heavy atom. The Morgan fingerprint density at radius 1 is 1.12 bits per heavy atom. The second-order valence-electron chi connectivity index (χ2n) is 5.08. The summed E-state index contributed by atoms with van der Waals surface area (Å²) in [5, 5.41) is 2.91. The van der Waals surface area contributed by atoms with Gasteiger partial charge in [0.1, 0.15) is 13.2 Å². The molecule has 0 heterocycles. The SMILES string of the molecule is CC(Sc1ccc(Cl)cc1)C(=O)NCC(=O)OCc1ccccc1. The highest BCUT2D eigenvalue weighted by Crippen LogP contribution is 2.24. The number of ether oxygens (including phenoxy) is 1. The lowest BCUT2D eigenvalue weighted by Crippen LogP contribution is -2.35. The van der Waals surface area contributed by atoms with Gasteiger partial charge >= 0.3 is 5.97 Å². The van der Waals surface area contributed by atoms with Crippen LogP contribution in [0.15, 0.2) is 59.5 Å². The van der Waals surface area contributed by atoms with Gasteiger partial charge in [-0.15, -0.1) is 11.8 Å². The van der Waals surface area contributed by atoms with Crippen molar-refractivity contribution in [3.05, 3.63) is 65.2 Å². The van der Waals surface area contributed by atoms with Gasteiger partial charge < -0.3 is 10.1 Å². The maximum atomic E-state index is 12.0. The molecule has 6 heteroatoms. The van der Waals surface area contributed by atoms with Crippen molar-refractivity contribution in [1.29, 1.82) is 0 Å². The Bertz CT molecular complexity index is 676. The summed E-state index contributed by atoms with van der Waals surface area (Å²) in [5.74, 6) is -0.678. The van der Waals surface area contributed by atoms with Crippen LogP contribution in [0.25, 0.3) is 0 Å². The molecule has 0 spiro atoms. The van der Waals surface area contributed by atoms with Crippen LogP contribution >= 0.6 is 23.4 Å². The fourth-order valence-corrected chi connectivity index (χ4v) is 2.88. The van der Waals surface area contributed by atoms with Gasteiger partial charge in [-0.05, 0) is 36.8 Å². The number of carbonyl (C=O) groups excluding carboxylic acids is 2. The van der Waals surface area contributed by atoms with Crippen molar-refractivity contribution in [3.8, 4) is 0 Å². The van der Waals surface area contributed by atoms with Crippen molar-refractivity contribution in [3.63, 3.8) is 0 Å². The average molecular weight is 364 g/mol. The van der Waals surface area contributed by atoms with Crippen LogP contribution in [0.2, 0.25) is 5.02 Å². The minimum atomic E-state index is -0.462. The summed E-state index contributed by atoms with van der Waals surface area (Å²) in [4.78, 5) is 24.6. The lowest BCUT2D eigenvalue weighted by molar-refractivity contribution is -0.145. The van der Waals surface area contributed by atoms with Crippen LogP contribution in [0.4, 0.5) is 0 Å². The zero-order chi connectivity index (χ0) is 17.4. The molecule has 4 nitrogen and oxygen atoms in total. The first-order valence-electron chi connectivity index (χ1n) is 7.44. The Balaban J connectivity index is 1.71. The molecule has 0 aliphatic rings. The van der Waals surface area contributed by atoms with Crippen molar-refractivity contribution in [2.24, 2.45) is 0 Å². The molecule has 0 aromatic heterocycles. The van der Waals surface area contributed by atoms with E-state index in [0.29, 0.717) is 5.02 Å². The van der Waals surface area contributed by atoms with E-state index in [1.165, 1.54) is 11.8 Å². The van der Waals surface area contributed by atoms with Gasteiger partial charge in [-0.2, -0.15) is 0 Å². The van der Waals surface area contributed by atoms with Crippen LogP contribution in [0, 0.1) is 0 Å². The van der Waals surface area contributed by atoms with E-state index >= 15 is 0 Å². The summed E-state index contributed by atoms with van der Waals surface area (Å²) in [6.45, 7) is 1.84. The van der Waals surface area contributed by atoms with Crippen molar-refractivity contribution in [2.75, 3.05) is 6.54 Å². The molecule has 1 unspecified atom stereocenters. The minimum Gasteiger partial charge on any atom is -0.460 e. The number of hydrogen-bond donors (Lipinski definition) is 1. The number of amides is 1. The third kappa shape index (κ3) is 6.26. The lowest BCUT2D eigenvalue weighted by atomic mass is 10.2. The maximum absolute atomic E-state index is 12.0. The standard InChI is InChI=1S/C18H18ClNO3S/c1-13(24-16-9-7-15(19)8-10-16)18(22)20-11-17(21)23-12-14-5-3-2-4-6-14/h2-10,13H,11-12H2,1H3,(H,20,22). The van der Waals surface area contributed by atoms with Crippen molar-refractivity contribution in [2.45, 2.75) is 23.7 Å². The number of hydrogen-bond acceptors (Lipinski definition) is 4. The Morgan fingerprint density at radius 3 is 2.46 bits per heavy atom. The van der Waals surface area contributed by atoms with Crippen LogP contribution in [0.3, 0.4) is 0 Å². The van der Waals surface area contributed by atoms with E-state index in [9.17, 15) is 9.59 Å². The number of rotatable bonds is 7. The van der Waals surface area contributed by atoms with Crippen LogP contribution < -0.4 is 5.32 Å². The zero-order valence-corrected chi connectivity index (χ0v) is 14.8. The number of thioether (sulfide) groups is 1. The van der Waals surface area contributed by atoms with E-state index in [1.807, 2.05) is 42.5 Å². The zero-order valence-electron chi connectivity index (χ0n) is 13.2. The minimum absolute atomic E-state index is 0.142. The molecule has 0 saturated carbocycles. The Hall–Kier alpha value is -1.98. The largest absolute Gasteiger partial charge is 0.460 e. The topological polar surface area (TPSA) is 55.4 Å². The molecular weight excluding hydrogens is 346 g/mol. The summed E-state index contributed by atoms with van der Waals surface area (Å²) in [6, 6.07) is 16.6. The number of halogens is 1. The molecule has 2 aromatic carbocycles. The Kier molecular flexibility index (Phi) is 7.15. The van der Waals surface area contributed by atoms with E-state index in [4.69, 9.17) is 16.3 Å². The molecule has 1 N–H and O–H groups in total. The fourth-order valence-electron chi connectivity index (χ4n) is 1.86. The highest BCUT2D eigenvalue weighted by atomic mass is 35.5. The second kappa shape index (κ2) is 9.35. The molecular formula is C18H18ClNO3S. The third-order valence-electron chi connectivity index (χ3n) is 3.15. The summed E-state index contributed by atoms with van der Waals surface area (Å²) < 4.78 is 5.11. The van der Waals surface area contributed by atoms with Crippen molar-refractivity contribution < 1.29 is 14.3 Å². The molecule has 1 amide bonds. The van der Waals surface area contributed by atoms with Gasteiger partial charge in [-0.3, -0.25) is 9.59 Å². The quantitative estimate of drug-likeness (QED) is 0.602. The number of carbonyl (C=O) groups is 2. The number of nitrogens with one attached hydrogen (secondary N) is 1. The van der Waals surface area contributed by atoms with E-state index in [-0.39, 0.29) is 24.3 Å². The van der Waals surface area contributed by atoms with Crippen LogP contribution in [-0.4, -0.2) is 23.7 Å². The number of benzene rings is 2. The predicted octanol–water partition coefficient (Wildman–Crippen LogP) is 3.68. The highest BCUT2D eigenvalue weighted by molar-refractivity contribution is 8.00. The first kappa shape index (κ1) is 18.4. The summed E-state index contributed by atoms with van der Waals surface area (Å²) in [5.41, 5.74) is 0.906. The van der Waals surface area contributed by atoms with Crippen LogP contribution in [0.5, 0.6) is 0 Å². The van der Waals surface area contributed by atoms with Gasteiger partial charge in [-0.1, -0.05) is 41.9 Å². The molecule has 2 rings (SSSR count). The monoisotopic (exact) mass is 363 g/mol. The van der Waals surface area contributed by atoms with E-state index in [0.717, 1.165) is 10.5 Å². The van der Waals surface area contributed by atoms with Crippen molar-refractivity contribution in [1.82, 2.24) is 5.32 Å². The third-order valence-corrected chi connectivity index (χ3v) is 4.51. The molecule has 24 heavy (non-hydrogen) atoms. The fraction of sp³-hybridized carbons (Fsp3) is 0.222. The van der Waals surface area contributed by atoms with Gasteiger partial charge in [0.05, 0.1) is 5.25 Å². The van der Waals surface area contributed by atoms with Crippen LogP contribution in [-0.2, 0) is 20.9 Å². The lowest BCUT2D eigenvalue weighted by Gasteiger charge is -2.12. The van der Waals surface area contributed by atoms with E-state index in [1.54, 1.807) is 19.1 Å². The maximum Gasteiger partial charge on any atom is 0.325 e. The Labute approximate surface area is 150 Å². The molecule has 0 aliphatic heterocycles. The van der Waals surface area contributed by atoms with Gasteiger partial charge in [0.15, 0.2) is 0 Å². The van der Waals surface area contributed by atoms with Crippen LogP contribution in [0.1, 0.15) is 12.5 Å². The average Bonchev–Trinajstić information content (AvgIpc) is 2.60. The molecule has 0 radical (unpaired) electrons. The summed E-state index contributed by atoms with van der Waals surface area (Å²) in [6.07, 6.45) is 0. The molecule has 0 aliphatic carbocycles. The number of esters is 1. The molecule has 126 valence electrons. The second-order valence-corrected chi connectivity index (χ2v) is 6.93. The first-order chi connectivity index (χ1) is 11.5.